The van der Waals surface area contributed by atoms with Crippen molar-refractivity contribution in [3.63, 3.8) is 0 Å². The molecule has 2 heterocycles. The fourth-order valence-corrected chi connectivity index (χ4v) is 3.85. The maximum absolute atomic E-state index is 13.4. The van der Waals surface area contributed by atoms with Crippen molar-refractivity contribution in [1.82, 2.24) is 14.8 Å². The number of nitrogens with zero attached hydrogens (tertiary/aromatic N) is 3. The molecule has 1 aromatic carbocycles. The summed E-state index contributed by atoms with van der Waals surface area (Å²) in [7, 11) is 1.64. The molecule has 0 radical (unpaired) electrons. The highest BCUT2D eigenvalue weighted by Gasteiger charge is 2.18. The predicted molar refractivity (Wildman–Crippen MR) is 97.2 cm³/mol. The lowest BCUT2D eigenvalue weighted by Crippen LogP contribution is -2.16. The van der Waals surface area contributed by atoms with Crippen molar-refractivity contribution in [3.05, 3.63) is 62.2 Å². The highest BCUT2D eigenvalue weighted by atomic mass is 35.5. The summed E-state index contributed by atoms with van der Waals surface area (Å²) in [6, 6.07) is 4.35. The second-order valence-corrected chi connectivity index (χ2v) is 7.32. The van der Waals surface area contributed by atoms with Crippen molar-refractivity contribution in [2.45, 2.75) is 13.3 Å². The molecule has 3 rings (SSSR count). The van der Waals surface area contributed by atoms with Crippen LogP contribution in [0.15, 0.2) is 24.4 Å². The molecule has 0 spiro atoms. The number of thiazole rings is 1. The molecule has 1 amide bonds. The van der Waals surface area contributed by atoms with Gasteiger partial charge in [0.1, 0.15) is 16.5 Å². The highest BCUT2D eigenvalue weighted by molar-refractivity contribution is 7.16. The molecule has 25 heavy (non-hydrogen) atoms. The summed E-state index contributed by atoms with van der Waals surface area (Å²) in [4.78, 5) is 16.8. The van der Waals surface area contributed by atoms with E-state index in [1.165, 1.54) is 34.3 Å². The van der Waals surface area contributed by atoms with Gasteiger partial charge < -0.3 is 5.32 Å². The Balaban J connectivity index is 1.79. The van der Waals surface area contributed by atoms with E-state index in [9.17, 15) is 9.18 Å². The van der Waals surface area contributed by atoms with Gasteiger partial charge in [0.25, 0.3) is 5.91 Å². The van der Waals surface area contributed by atoms with Crippen LogP contribution in [0.2, 0.25) is 10.0 Å². The lowest BCUT2D eigenvalue weighted by molar-refractivity contribution is 0.101. The van der Waals surface area contributed by atoms with Crippen molar-refractivity contribution < 1.29 is 9.18 Å². The average Bonchev–Trinajstić information content (AvgIpc) is 3.00. The number of carbonyl (C=O) groups is 1. The number of nitrogens with one attached hydrogen (secondary N) is 1. The van der Waals surface area contributed by atoms with Gasteiger partial charge in [-0.2, -0.15) is 5.10 Å². The van der Waals surface area contributed by atoms with Crippen LogP contribution in [0.4, 0.5) is 9.39 Å². The summed E-state index contributed by atoms with van der Waals surface area (Å²) < 4.78 is 14.8. The molecule has 0 atom stereocenters. The summed E-state index contributed by atoms with van der Waals surface area (Å²) in [6.45, 7) is 1.79. The molecule has 3 aromatic rings. The zero-order valence-corrected chi connectivity index (χ0v) is 15.6. The number of anilines is 1. The number of aromatic nitrogens is 3. The molecule has 2 aromatic heterocycles. The van der Waals surface area contributed by atoms with Gasteiger partial charge in [-0.3, -0.25) is 9.48 Å². The van der Waals surface area contributed by atoms with Crippen LogP contribution < -0.4 is 5.32 Å². The zero-order chi connectivity index (χ0) is 18.1. The van der Waals surface area contributed by atoms with Crippen molar-refractivity contribution >= 4 is 45.4 Å². The van der Waals surface area contributed by atoms with Crippen molar-refractivity contribution in [1.29, 1.82) is 0 Å². The van der Waals surface area contributed by atoms with Gasteiger partial charge in [-0.05, 0) is 30.7 Å². The van der Waals surface area contributed by atoms with E-state index in [2.05, 4.69) is 15.4 Å². The number of halogens is 3. The van der Waals surface area contributed by atoms with E-state index >= 15 is 0 Å². The standard InChI is InChI=1S/C16H13Cl2FN4OS/c1-8-16(22-15(24)14-12(18)7-20-23(14)2)25-13(21-8)5-9-3-10(17)6-11(19)4-9/h3-4,6-7H,5H2,1-2H3,(H,22,24). The van der Waals surface area contributed by atoms with E-state index in [0.717, 1.165) is 5.01 Å². The average molecular weight is 399 g/mol. The van der Waals surface area contributed by atoms with E-state index in [4.69, 9.17) is 23.2 Å². The minimum Gasteiger partial charge on any atom is -0.311 e. The van der Waals surface area contributed by atoms with Crippen molar-refractivity contribution in [2.75, 3.05) is 5.32 Å². The smallest absolute Gasteiger partial charge is 0.276 e. The molecule has 9 heteroatoms. The molecule has 0 saturated heterocycles. The lowest BCUT2D eigenvalue weighted by Gasteiger charge is -2.04. The van der Waals surface area contributed by atoms with Crippen LogP contribution in [0.1, 0.15) is 26.8 Å². The molecule has 0 aliphatic heterocycles. The lowest BCUT2D eigenvalue weighted by atomic mass is 10.1. The van der Waals surface area contributed by atoms with Gasteiger partial charge in [-0.25, -0.2) is 9.37 Å². The highest BCUT2D eigenvalue weighted by Crippen LogP contribution is 2.28. The Bertz CT molecular complexity index is 914. The third-order valence-electron chi connectivity index (χ3n) is 3.45. The molecule has 0 bridgehead atoms. The quantitative estimate of drug-likeness (QED) is 0.704. The Labute approximate surface area is 157 Å². The summed E-state index contributed by atoms with van der Waals surface area (Å²) in [5, 5.41) is 8.70. The third-order valence-corrected chi connectivity index (χ3v) is 5.02. The Kier molecular flexibility index (Phi) is 5.08. The van der Waals surface area contributed by atoms with Crippen LogP contribution in [-0.4, -0.2) is 20.7 Å². The van der Waals surface area contributed by atoms with Crippen LogP contribution in [0.25, 0.3) is 0 Å². The number of hydrogen-bond donors (Lipinski definition) is 1. The number of amides is 1. The molecular weight excluding hydrogens is 386 g/mol. The Morgan fingerprint density at radius 2 is 2.12 bits per heavy atom. The Hall–Kier alpha value is -1.96. The van der Waals surface area contributed by atoms with Crippen LogP contribution in [0.3, 0.4) is 0 Å². The Morgan fingerprint density at radius 3 is 2.76 bits per heavy atom. The number of carbonyl (C=O) groups excluding carboxylic acids is 1. The first-order valence-corrected chi connectivity index (χ1v) is 8.81. The summed E-state index contributed by atoms with van der Waals surface area (Å²) in [5.74, 6) is -0.757. The molecule has 0 unspecified atom stereocenters. The first kappa shape index (κ1) is 17.8. The van der Waals surface area contributed by atoms with E-state index in [1.807, 2.05) is 0 Å². The Morgan fingerprint density at radius 1 is 1.36 bits per heavy atom. The molecule has 0 aliphatic carbocycles. The monoisotopic (exact) mass is 398 g/mol. The number of rotatable bonds is 4. The molecule has 0 saturated carbocycles. The van der Waals surface area contributed by atoms with Gasteiger partial charge in [-0.15, -0.1) is 11.3 Å². The summed E-state index contributed by atoms with van der Waals surface area (Å²) in [5.41, 5.74) is 1.66. The van der Waals surface area contributed by atoms with Crippen molar-refractivity contribution in [2.24, 2.45) is 7.05 Å². The largest absolute Gasteiger partial charge is 0.311 e. The minimum atomic E-state index is -0.393. The minimum absolute atomic E-state index is 0.271. The van der Waals surface area contributed by atoms with Crippen LogP contribution in [-0.2, 0) is 13.5 Å². The summed E-state index contributed by atoms with van der Waals surface area (Å²) in [6.07, 6.45) is 1.83. The first-order chi connectivity index (χ1) is 11.8. The van der Waals surface area contributed by atoms with E-state index in [0.29, 0.717) is 27.7 Å². The van der Waals surface area contributed by atoms with Crippen LogP contribution in [0, 0.1) is 12.7 Å². The van der Waals surface area contributed by atoms with Gasteiger partial charge in [0.05, 0.1) is 21.9 Å². The van der Waals surface area contributed by atoms with Gasteiger partial charge >= 0.3 is 0 Å². The molecule has 5 nitrogen and oxygen atoms in total. The van der Waals surface area contributed by atoms with Crippen LogP contribution >= 0.6 is 34.5 Å². The van der Waals surface area contributed by atoms with Gasteiger partial charge in [0, 0.05) is 18.5 Å². The van der Waals surface area contributed by atoms with E-state index in [-0.39, 0.29) is 16.6 Å². The second kappa shape index (κ2) is 7.11. The maximum atomic E-state index is 13.4. The fourth-order valence-electron chi connectivity index (χ4n) is 2.36. The maximum Gasteiger partial charge on any atom is 0.276 e. The van der Waals surface area contributed by atoms with Gasteiger partial charge in [0.15, 0.2) is 0 Å². The molecule has 0 aliphatic rings. The molecule has 0 fully saturated rings. The van der Waals surface area contributed by atoms with E-state index in [1.54, 1.807) is 20.0 Å². The van der Waals surface area contributed by atoms with Crippen LogP contribution in [0.5, 0.6) is 0 Å². The predicted octanol–water partition coefficient (Wildman–Crippen LogP) is 4.47. The second-order valence-electron chi connectivity index (χ2n) is 5.40. The normalized spacial score (nSPS) is 10.9. The SMILES string of the molecule is Cc1nc(Cc2cc(F)cc(Cl)c2)sc1NC(=O)c1c(Cl)cnn1C. The third kappa shape index (κ3) is 4.00. The summed E-state index contributed by atoms with van der Waals surface area (Å²) >= 11 is 13.2. The van der Waals surface area contributed by atoms with Crippen molar-refractivity contribution in [3.8, 4) is 0 Å². The molecule has 1 N–H and O–H groups in total. The van der Waals surface area contributed by atoms with E-state index < -0.39 is 5.82 Å². The first-order valence-electron chi connectivity index (χ1n) is 7.23. The number of hydrogen-bond acceptors (Lipinski definition) is 4. The zero-order valence-electron chi connectivity index (χ0n) is 13.3. The molecule has 130 valence electrons. The van der Waals surface area contributed by atoms with Gasteiger partial charge in [0.2, 0.25) is 0 Å². The fraction of sp³-hybridized carbons (Fsp3) is 0.188. The number of benzene rings is 1. The number of aryl methyl sites for hydroxylation is 2. The van der Waals surface area contributed by atoms with Gasteiger partial charge in [-0.1, -0.05) is 23.2 Å². The molecular formula is C16H13Cl2FN4OS. The topological polar surface area (TPSA) is 59.8 Å².